The van der Waals surface area contributed by atoms with Gasteiger partial charge in [-0.05, 0) is 30.5 Å². The van der Waals surface area contributed by atoms with Crippen LogP contribution in [0.3, 0.4) is 0 Å². The van der Waals surface area contributed by atoms with Crippen LogP contribution in [0, 0.1) is 0 Å². The van der Waals surface area contributed by atoms with Crippen LogP contribution in [0.2, 0.25) is 0 Å². The summed E-state index contributed by atoms with van der Waals surface area (Å²) in [7, 11) is -3.72. The molecule has 122 valence electrons. The number of rotatable bonds is 7. The van der Waals surface area contributed by atoms with E-state index in [4.69, 9.17) is 10.2 Å². The van der Waals surface area contributed by atoms with Crippen molar-refractivity contribution < 1.29 is 23.1 Å². The maximum Gasteiger partial charge on any atom is 0.309 e. The number of sulfonamides is 1. The van der Waals surface area contributed by atoms with E-state index in [9.17, 15) is 18.0 Å². The third-order valence-electron chi connectivity index (χ3n) is 2.78. The van der Waals surface area contributed by atoms with Crippen molar-refractivity contribution in [1.29, 1.82) is 0 Å². The van der Waals surface area contributed by atoms with E-state index in [-0.39, 0.29) is 24.6 Å². The summed E-state index contributed by atoms with van der Waals surface area (Å²) in [5.41, 5.74) is 0.799. The van der Waals surface area contributed by atoms with Crippen LogP contribution in [0.15, 0.2) is 29.2 Å². The lowest BCUT2D eigenvalue weighted by Crippen LogP contribution is -2.41. The quantitative estimate of drug-likeness (QED) is 0.356. The third kappa shape index (κ3) is 6.20. The van der Waals surface area contributed by atoms with Crippen LogP contribution >= 0.6 is 0 Å². The summed E-state index contributed by atoms with van der Waals surface area (Å²) in [5, 5.41) is 18.4. The molecule has 0 bridgehead atoms. The summed E-state index contributed by atoms with van der Waals surface area (Å²) in [5.74, 6) is -1.50. The predicted molar refractivity (Wildman–Crippen MR) is 79.2 cm³/mol. The van der Waals surface area contributed by atoms with Gasteiger partial charge >= 0.3 is 11.8 Å². The van der Waals surface area contributed by atoms with E-state index >= 15 is 0 Å². The van der Waals surface area contributed by atoms with Crippen molar-refractivity contribution in [3.05, 3.63) is 29.8 Å². The Bertz CT molecular complexity index is 613. The maximum atomic E-state index is 11.4. The first kappa shape index (κ1) is 18.1. The molecule has 0 fully saturated rings. The highest BCUT2D eigenvalue weighted by Crippen LogP contribution is 2.08. The highest BCUT2D eigenvalue weighted by molar-refractivity contribution is 7.89. The van der Waals surface area contributed by atoms with Crippen LogP contribution < -0.4 is 15.8 Å². The van der Waals surface area contributed by atoms with Crippen LogP contribution in [-0.4, -0.2) is 45.0 Å². The zero-order valence-corrected chi connectivity index (χ0v) is 12.7. The van der Waals surface area contributed by atoms with Gasteiger partial charge in [0.1, 0.15) is 0 Å². The SMILES string of the molecule is NS(=O)(=O)c1ccc(CCNC(=O)C(=O)NCCCO)cc1. The molecule has 1 aromatic carbocycles. The van der Waals surface area contributed by atoms with Crippen LogP contribution in [0.25, 0.3) is 0 Å². The lowest BCUT2D eigenvalue weighted by Gasteiger charge is -2.06. The van der Waals surface area contributed by atoms with Crippen molar-refractivity contribution in [2.24, 2.45) is 5.14 Å². The molecule has 0 radical (unpaired) electrons. The molecule has 0 saturated carbocycles. The van der Waals surface area contributed by atoms with E-state index in [2.05, 4.69) is 10.6 Å². The fourth-order valence-corrected chi connectivity index (χ4v) is 2.12. The van der Waals surface area contributed by atoms with Crippen LogP contribution in [0.5, 0.6) is 0 Å². The van der Waals surface area contributed by atoms with Crippen LogP contribution in [0.1, 0.15) is 12.0 Å². The van der Waals surface area contributed by atoms with Crippen molar-refractivity contribution in [3.63, 3.8) is 0 Å². The smallest absolute Gasteiger partial charge is 0.309 e. The number of amides is 2. The van der Waals surface area contributed by atoms with Gasteiger partial charge in [-0.2, -0.15) is 0 Å². The van der Waals surface area contributed by atoms with E-state index in [0.29, 0.717) is 12.8 Å². The molecule has 0 heterocycles. The highest BCUT2D eigenvalue weighted by atomic mass is 32.2. The van der Waals surface area contributed by atoms with Gasteiger partial charge in [-0.25, -0.2) is 13.6 Å². The molecule has 0 spiro atoms. The molecule has 5 N–H and O–H groups in total. The molecule has 0 aliphatic rings. The van der Waals surface area contributed by atoms with Crippen molar-refractivity contribution in [1.82, 2.24) is 10.6 Å². The Kier molecular flexibility index (Phi) is 6.96. The number of aliphatic hydroxyl groups excluding tert-OH is 1. The first-order valence-electron chi connectivity index (χ1n) is 6.63. The number of hydrogen-bond donors (Lipinski definition) is 4. The van der Waals surface area contributed by atoms with Gasteiger partial charge in [0, 0.05) is 19.7 Å². The summed E-state index contributed by atoms with van der Waals surface area (Å²) in [6.07, 6.45) is 0.829. The predicted octanol–water partition coefficient (Wildman–Crippen LogP) is -1.51. The molecule has 9 heteroatoms. The molecule has 1 aromatic rings. The van der Waals surface area contributed by atoms with Crippen molar-refractivity contribution in [3.8, 4) is 0 Å². The van der Waals surface area contributed by atoms with Gasteiger partial charge in [-0.3, -0.25) is 9.59 Å². The van der Waals surface area contributed by atoms with Crippen LogP contribution in [0.4, 0.5) is 0 Å². The summed E-state index contributed by atoms with van der Waals surface area (Å²) < 4.78 is 22.2. The lowest BCUT2D eigenvalue weighted by molar-refractivity contribution is -0.139. The van der Waals surface area contributed by atoms with Gasteiger partial charge in [-0.1, -0.05) is 12.1 Å². The second-order valence-corrected chi connectivity index (χ2v) is 6.09. The van der Waals surface area contributed by atoms with Gasteiger partial charge in [0.25, 0.3) is 0 Å². The van der Waals surface area contributed by atoms with Gasteiger partial charge in [-0.15, -0.1) is 0 Å². The molecule has 0 saturated heterocycles. The second kappa shape index (κ2) is 8.47. The van der Waals surface area contributed by atoms with Crippen molar-refractivity contribution in [2.45, 2.75) is 17.7 Å². The summed E-state index contributed by atoms with van der Waals surface area (Å²) in [4.78, 5) is 22.8. The minimum Gasteiger partial charge on any atom is -0.396 e. The fourth-order valence-electron chi connectivity index (χ4n) is 1.61. The van der Waals surface area contributed by atoms with Crippen molar-refractivity contribution >= 4 is 21.8 Å². The molecule has 2 amide bonds. The van der Waals surface area contributed by atoms with Gasteiger partial charge < -0.3 is 15.7 Å². The van der Waals surface area contributed by atoms with Crippen LogP contribution in [-0.2, 0) is 26.0 Å². The standard InChI is InChI=1S/C13H19N3O5S/c14-22(20,21)11-4-2-10(3-5-11)6-8-16-13(19)12(18)15-7-1-9-17/h2-5,17H,1,6-9H2,(H,15,18)(H,16,19)(H2,14,20,21). The number of nitrogens with two attached hydrogens (primary N) is 1. The van der Waals surface area contributed by atoms with Gasteiger partial charge in [0.05, 0.1) is 4.90 Å². The number of primary sulfonamides is 1. The fraction of sp³-hybridized carbons (Fsp3) is 0.385. The Hall–Kier alpha value is -1.97. The zero-order valence-electron chi connectivity index (χ0n) is 11.9. The van der Waals surface area contributed by atoms with Crippen molar-refractivity contribution in [2.75, 3.05) is 19.7 Å². The van der Waals surface area contributed by atoms with Gasteiger partial charge in [0.15, 0.2) is 0 Å². The molecule has 8 nitrogen and oxygen atoms in total. The normalized spacial score (nSPS) is 11.0. The zero-order chi connectivity index (χ0) is 16.6. The Balaban J connectivity index is 2.38. The molecule has 0 atom stereocenters. The number of hydrogen-bond acceptors (Lipinski definition) is 5. The largest absolute Gasteiger partial charge is 0.396 e. The van der Waals surface area contributed by atoms with E-state index in [1.807, 2.05) is 0 Å². The maximum absolute atomic E-state index is 11.4. The number of carbonyl (C=O) groups is 2. The molecule has 1 rings (SSSR count). The topological polar surface area (TPSA) is 139 Å². The lowest BCUT2D eigenvalue weighted by atomic mass is 10.1. The Morgan fingerprint density at radius 3 is 2.09 bits per heavy atom. The molecule has 0 aliphatic heterocycles. The molecular formula is C13H19N3O5S. The van der Waals surface area contributed by atoms with E-state index in [0.717, 1.165) is 5.56 Å². The number of benzene rings is 1. The monoisotopic (exact) mass is 329 g/mol. The molecular weight excluding hydrogens is 310 g/mol. The Labute approximate surface area is 128 Å². The minimum atomic E-state index is -3.72. The first-order chi connectivity index (χ1) is 10.3. The number of aliphatic hydroxyl groups is 1. The average Bonchev–Trinajstić information content (AvgIpc) is 2.47. The minimum absolute atomic E-state index is 0.0172. The Morgan fingerprint density at radius 2 is 1.59 bits per heavy atom. The summed E-state index contributed by atoms with van der Waals surface area (Å²) >= 11 is 0. The van der Waals surface area contributed by atoms with E-state index < -0.39 is 21.8 Å². The van der Waals surface area contributed by atoms with E-state index in [1.165, 1.54) is 12.1 Å². The number of nitrogens with one attached hydrogen (secondary N) is 2. The molecule has 0 aliphatic carbocycles. The summed E-state index contributed by atoms with van der Waals surface area (Å²) in [6.45, 7) is 0.412. The first-order valence-corrected chi connectivity index (χ1v) is 8.18. The second-order valence-electron chi connectivity index (χ2n) is 4.53. The Morgan fingerprint density at radius 1 is 1.05 bits per heavy atom. The molecule has 0 unspecified atom stereocenters. The average molecular weight is 329 g/mol. The number of carbonyl (C=O) groups excluding carboxylic acids is 2. The molecule has 0 aromatic heterocycles. The summed E-state index contributed by atoms with van der Waals surface area (Å²) in [6, 6.07) is 5.95. The highest BCUT2D eigenvalue weighted by Gasteiger charge is 2.12. The van der Waals surface area contributed by atoms with Gasteiger partial charge in [0.2, 0.25) is 10.0 Å². The molecule has 22 heavy (non-hydrogen) atoms. The van der Waals surface area contributed by atoms with E-state index in [1.54, 1.807) is 12.1 Å². The third-order valence-corrected chi connectivity index (χ3v) is 3.71.